The van der Waals surface area contributed by atoms with Gasteiger partial charge >= 0.3 is 0 Å². The number of nitrogens with one attached hydrogen (secondary N) is 1. The molecule has 1 rings (SSSR count). The van der Waals surface area contributed by atoms with Crippen LogP contribution in [0, 0.1) is 6.92 Å². The van der Waals surface area contributed by atoms with Gasteiger partial charge in [0.25, 0.3) is 0 Å². The highest BCUT2D eigenvalue weighted by Crippen LogP contribution is 2.06. The van der Waals surface area contributed by atoms with Crippen molar-refractivity contribution in [2.45, 2.75) is 26.3 Å². The average molecular weight is 163 g/mol. The highest BCUT2D eigenvalue weighted by Gasteiger charge is 1.99. The fourth-order valence-corrected chi connectivity index (χ4v) is 1.29. The Morgan fingerprint density at radius 3 is 2.75 bits per heavy atom. The first-order chi connectivity index (χ1) is 5.72. The van der Waals surface area contributed by atoms with Crippen molar-refractivity contribution < 1.29 is 0 Å². The van der Waals surface area contributed by atoms with Gasteiger partial charge in [-0.3, -0.25) is 0 Å². The predicted molar refractivity (Wildman–Crippen MR) is 53.4 cm³/mol. The summed E-state index contributed by atoms with van der Waals surface area (Å²) in [6, 6.07) is 9.24. The molecule has 0 aliphatic carbocycles. The third-order valence-corrected chi connectivity index (χ3v) is 2.12. The van der Waals surface area contributed by atoms with E-state index < -0.39 is 0 Å². The highest BCUT2D eigenvalue weighted by atomic mass is 14.8. The molecule has 0 amide bonds. The molecule has 1 atom stereocenters. The van der Waals surface area contributed by atoms with Gasteiger partial charge in [-0.1, -0.05) is 29.8 Å². The van der Waals surface area contributed by atoms with Crippen molar-refractivity contribution >= 4 is 0 Å². The van der Waals surface area contributed by atoms with Gasteiger partial charge in [0.05, 0.1) is 0 Å². The molecule has 66 valence electrons. The Morgan fingerprint density at radius 1 is 1.42 bits per heavy atom. The van der Waals surface area contributed by atoms with Crippen molar-refractivity contribution in [3.8, 4) is 0 Å². The number of likely N-dealkylation sites (N-methyl/N-ethyl adjacent to an activating group) is 1. The number of hydrogen-bond acceptors (Lipinski definition) is 1. The first-order valence-corrected chi connectivity index (χ1v) is 4.45. The van der Waals surface area contributed by atoms with Crippen molar-refractivity contribution in [3.05, 3.63) is 35.4 Å². The van der Waals surface area contributed by atoms with Crippen LogP contribution >= 0.6 is 0 Å². The molecule has 1 aromatic carbocycles. The van der Waals surface area contributed by atoms with Crippen LogP contribution in [-0.4, -0.2) is 13.1 Å². The van der Waals surface area contributed by atoms with Gasteiger partial charge in [-0.25, -0.2) is 0 Å². The maximum absolute atomic E-state index is 3.23. The van der Waals surface area contributed by atoms with Crippen LogP contribution in [0.15, 0.2) is 24.3 Å². The van der Waals surface area contributed by atoms with E-state index in [4.69, 9.17) is 0 Å². The second-order valence-electron chi connectivity index (χ2n) is 3.38. The minimum atomic E-state index is 0.562. The highest BCUT2D eigenvalue weighted by molar-refractivity contribution is 5.22. The van der Waals surface area contributed by atoms with Crippen molar-refractivity contribution in [1.29, 1.82) is 0 Å². The molecule has 0 aliphatic rings. The van der Waals surface area contributed by atoms with E-state index in [0.29, 0.717) is 6.04 Å². The lowest BCUT2D eigenvalue weighted by Gasteiger charge is -2.09. The molecule has 0 unspecified atom stereocenters. The Morgan fingerprint density at radius 2 is 2.17 bits per heavy atom. The predicted octanol–water partition coefficient (Wildman–Crippen LogP) is 2.15. The molecule has 0 saturated heterocycles. The third-order valence-electron chi connectivity index (χ3n) is 2.12. The van der Waals surface area contributed by atoms with Crippen LogP contribution in [0.25, 0.3) is 0 Å². The summed E-state index contributed by atoms with van der Waals surface area (Å²) in [6.07, 6.45) is 1.11. The Hall–Kier alpha value is -0.820. The second-order valence-corrected chi connectivity index (χ2v) is 3.38. The lowest BCUT2D eigenvalue weighted by Crippen LogP contribution is -2.23. The summed E-state index contributed by atoms with van der Waals surface area (Å²) in [6.45, 7) is 4.33. The van der Waals surface area contributed by atoms with Gasteiger partial charge in [0.15, 0.2) is 0 Å². The van der Waals surface area contributed by atoms with Gasteiger partial charge in [0.2, 0.25) is 0 Å². The van der Waals surface area contributed by atoms with Crippen LogP contribution in [0.2, 0.25) is 0 Å². The van der Waals surface area contributed by atoms with Gasteiger partial charge in [0, 0.05) is 6.04 Å². The largest absolute Gasteiger partial charge is 0.317 e. The first kappa shape index (κ1) is 9.27. The Labute approximate surface area is 74.8 Å². The number of hydrogen-bond donors (Lipinski definition) is 1. The molecule has 0 spiro atoms. The van der Waals surface area contributed by atoms with E-state index in [-0.39, 0.29) is 0 Å². The molecule has 0 bridgehead atoms. The van der Waals surface area contributed by atoms with E-state index in [0.717, 1.165) is 6.42 Å². The molecule has 0 fully saturated rings. The maximum Gasteiger partial charge on any atom is 0.00761 e. The summed E-state index contributed by atoms with van der Waals surface area (Å²) in [5, 5.41) is 3.23. The van der Waals surface area contributed by atoms with Gasteiger partial charge in [-0.15, -0.1) is 0 Å². The van der Waals surface area contributed by atoms with E-state index in [9.17, 15) is 0 Å². The van der Waals surface area contributed by atoms with Gasteiger partial charge in [-0.2, -0.15) is 0 Å². The average Bonchev–Trinajstić information content (AvgIpc) is 2.04. The monoisotopic (exact) mass is 163 g/mol. The fourth-order valence-electron chi connectivity index (χ4n) is 1.29. The van der Waals surface area contributed by atoms with Gasteiger partial charge in [0.1, 0.15) is 0 Å². The topological polar surface area (TPSA) is 12.0 Å². The molecule has 12 heavy (non-hydrogen) atoms. The Balaban J connectivity index is 2.63. The second kappa shape index (κ2) is 4.27. The molecule has 1 N–H and O–H groups in total. The standard InChI is InChI=1S/C11H17N/c1-9-5-4-6-11(7-9)8-10(2)12-3/h4-7,10,12H,8H2,1-3H3/t10-/m1/s1. The molecule has 0 heterocycles. The SMILES string of the molecule is CN[C@H](C)Cc1cccc(C)c1. The summed E-state index contributed by atoms with van der Waals surface area (Å²) in [5.74, 6) is 0. The minimum Gasteiger partial charge on any atom is -0.317 e. The molecule has 0 saturated carbocycles. The van der Waals surface area contributed by atoms with E-state index in [1.807, 2.05) is 7.05 Å². The summed E-state index contributed by atoms with van der Waals surface area (Å²) < 4.78 is 0. The molecule has 0 aromatic heterocycles. The Bertz CT molecular complexity index is 243. The minimum absolute atomic E-state index is 0.562. The van der Waals surface area contributed by atoms with E-state index in [1.54, 1.807) is 0 Å². The molecular weight excluding hydrogens is 146 g/mol. The summed E-state index contributed by atoms with van der Waals surface area (Å²) in [4.78, 5) is 0. The van der Waals surface area contributed by atoms with Crippen LogP contribution in [0.1, 0.15) is 18.1 Å². The third kappa shape index (κ3) is 2.67. The van der Waals surface area contributed by atoms with Crippen molar-refractivity contribution in [3.63, 3.8) is 0 Å². The molecule has 0 radical (unpaired) electrons. The van der Waals surface area contributed by atoms with Crippen LogP contribution in [0.3, 0.4) is 0 Å². The normalized spacial score (nSPS) is 12.9. The fraction of sp³-hybridized carbons (Fsp3) is 0.455. The molecular formula is C11H17N. The number of aryl methyl sites for hydroxylation is 1. The number of rotatable bonds is 3. The molecule has 1 heteroatoms. The summed E-state index contributed by atoms with van der Waals surface area (Å²) >= 11 is 0. The van der Waals surface area contributed by atoms with Crippen LogP contribution in [-0.2, 0) is 6.42 Å². The summed E-state index contributed by atoms with van der Waals surface area (Å²) in [7, 11) is 2.00. The Kier molecular flexibility index (Phi) is 3.30. The van der Waals surface area contributed by atoms with Crippen molar-refractivity contribution in [1.82, 2.24) is 5.32 Å². The molecule has 1 nitrogen and oxygen atoms in total. The van der Waals surface area contributed by atoms with E-state index in [2.05, 4.69) is 43.4 Å². The van der Waals surface area contributed by atoms with Crippen molar-refractivity contribution in [2.75, 3.05) is 7.05 Å². The molecule has 1 aromatic rings. The summed E-state index contributed by atoms with van der Waals surface area (Å²) in [5.41, 5.74) is 2.76. The quantitative estimate of drug-likeness (QED) is 0.720. The van der Waals surface area contributed by atoms with Crippen LogP contribution < -0.4 is 5.32 Å². The van der Waals surface area contributed by atoms with E-state index in [1.165, 1.54) is 11.1 Å². The zero-order chi connectivity index (χ0) is 8.97. The smallest absolute Gasteiger partial charge is 0.00761 e. The van der Waals surface area contributed by atoms with Crippen LogP contribution in [0.5, 0.6) is 0 Å². The van der Waals surface area contributed by atoms with Gasteiger partial charge < -0.3 is 5.32 Å². The zero-order valence-electron chi connectivity index (χ0n) is 8.09. The van der Waals surface area contributed by atoms with Crippen molar-refractivity contribution in [2.24, 2.45) is 0 Å². The molecule has 0 aliphatic heterocycles. The first-order valence-electron chi connectivity index (χ1n) is 4.45. The lowest BCUT2D eigenvalue weighted by molar-refractivity contribution is 0.608. The van der Waals surface area contributed by atoms with E-state index >= 15 is 0 Å². The zero-order valence-corrected chi connectivity index (χ0v) is 8.09. The number of benzene rings is 1. The maximum atomic E-state index is 3.23. The lowest BCUT2D eigenvalue weighted by atomic mass is 10.1. The van der Waals surface area contributed by atoms with Gasteiger partial charge in [-0.05, 0) is 32.9 Å². The van der Waals surface area contributed by atoms with Crippen LogP contribution in [0.4, 0.5) is 0 Å².